The maximum absolute atomic E-state index is 4.58. The molecule has 1 unspecified atom stereocenters. The van der Waals surface area contributed by atoms with E-state index in [-0.39, 0.29) is 0 Å². The van der Waals surface area contributed by atoms with E-state index >= 15 is 0 Å². The minimum Gasteiger partial charge on any atom is -0.355 e. The Labute approximate surface area is 109 Å². The quantitative estimate of drug-likeness (QED) is 0.859. The van der Waals surface area contributed by atoms with Gasteiger partial charge < -0.3 is 10.2 Å². The molecule has 0 amide bonds. The number of hydrogen-bond donors (Lipinski definition) is 1. The van der Waals surface area contributed by atoms with Crippen LogP contribution < -0.4 is 10.2 Å². The molecule has 1 atom stereocenters. The summed E-state index contributed by atoms with van der Waals surface area (Å²) in [5.41, 5.74) is 0. The Morgan fingerprint density at radius 1 is 1.33 bits per heavy atom. The zero-order valence-electron chi connectivity index (χ0n) is 11.1. The largest absolute Gasteiger partial charge is 0.355 e. The molecule has 18 heavy (non-hydrogen) atoms. The number of hydrogen-bond acceptors (Lipinski definition) is 4. The van der Waals surface area contributed by atoms with Crippen LogP contribution in [0.4, 0.5) is 5.82 Å². The summed E-state index contributed by atoms with van der Waals surface area (Å²) in [5.74, 6) is 2.86. The van der Waals surface area contributed by atoms with Crippen LogP contribution in [0.3, 0.4) is 0 Å². The zero-order valence-corrected chi connectivity index (χ0v) is 11.1. The second-order valence-corrected chi connectivity index (χ2v) is 5.60. The Kier molecular flexibility index (Phi) is 3.46. The van der Waals surface area contributed by atoms with Gasteiger partial charge in [-0.25, -0.2) is 9.97 Å². The molecule has 1 saturated heterocycles. The maximum Gasteiger partial charge on any atom is 0.132 e. The van der Waals surface area contributed by atoms with Crippen molar-refractivity contribution in [3.05, 3.63) is 18.1 Å². The van der Waals surface area contributed by atoms with Gasteiger partial charge in [0, 0.05) is 25.3 Å². The Morgan fingerprint density at radius 2 is 2.22 bits per heavy atom. The predicted molar refractivity (Wildman–Crippen MR) is 72.7 cm³/mol. The third-order valence-corrected chi connectivity index (χ3v) is 3.86. The van der Waals surface area contributed by atoms with Crippen molar-refractivity contribution in [1.29, 1.82) is 0 Å². The first kappa shape index (κ1) is 11.9. The summed E-state index contributed by atoms with van der Waals surface area (Å²) in [6.07, 6.45) is 7.26. The van der Waals surface area contributed by atoms with Crippen molar-refractivity contribution in [2.24, 2.45) is 5.92 Å². The van der Waals surface area contributed by atoms with E-state index in [1.165, 1.54) is 32.2 Å². The van der Waals surface area contributed by atoms with E-state index < -0.39 is 0 Å². The molecule has 3 rings (SSSR count). The van der Waals surface area contributed by atoms with Gasteiger partial charge in [-0.3, -0.25) is 0 Å². The van der Waals surface area contributed by atoms with Crippen molar-refractivity contribution in [1.82, 2.24) is 15.3 Å². The Hall–Kier alpha value is -1.16. The summed E-state index contributed by atoms with van der Waals surface area (Å²) in [7, 11) is 0. The van der Waals surface area contributed by atoms with Crippen molar-refractivity contribution in [2.45, 2.75) is 38.6 Å². The van der Waals surface area contributed by atoms with E-state index in [4.69, 9.17) is 0 Å². The van der Waals surface area contributed by atoms with Crippen LogP contribution in [-0.2, 0) is 0 Å². The number of nitrogens with one attached hydrogen (secondary N) is 1. The molecule has 4 heteroatoms. The average Bonchev–Trinajstić information content (AvgIpc) is 3.03. The molecule has 1 aliphatic carbocycles. The van der Waals surface area contributed by atoms with Gasteiger partial charge in [-0.05, 0) is 51.1 Å². The molecule has 0 aromatic carbocycles. The minimum absolute atomic E-state index is 0.638. The highest BCUT2D eigenvalue weighted by atomic mass is 15.2. The lowest BCUT2D eigenvalue weighted by molar-refractivity contribution is 0.566. The van der Waals surface area contributed by atoms with E-state index in [0.29, 0.717) is 6.04 Å². The van der Waals surface area contributed by atoms with Crippen LogP contribution in [0, 0.1) is 12.8 Å². The molecule has 0 radical (unpaired) electrons. The molecular weight excluding hydrogens is 224 g/mol. The van der Waals surface area contributed by atoms with Gasteiger partial charge in [0.15, 0.2) is 0 Å². The van der Waals surface area contributed by atoms with Gasteiger partial charge in [0.1, 0.15) is 11.6 Å². The molecule has 0 bridgehead atoms. The molecule has 0 spiro atoms. The average molecular weight is 246 g/mol. The molecular formula is C14H22N4. The lowest BCUT2D eigenvalue weighted by Gasteiger charge is -2.27. The summed E-state index contributed by atoms with van der Waals surface area (Å²) in [4.78, 5) is 11.2. The van der Waals surface area contributed by atoms with E-state index in [1.54, 1.807) is 0 Å². The van der Waals surface area contributed by atoms with Gasteiger partial charge in [-0.2, -0.15) is 0 Å². The lowest BCUT2D eigenvalue weighted by Crippen LogP contribution is -2.39. The summed E-state index contributed by atoms with van der Waals surface area (Å²) in [6.45, 7) is 5.39. The van der Waals surface area contributed by atoms with Gasteiger partial charge in [-0.1, -0.05) is 0 Å². The fraction of sp³-hybridized carbons (Fsp3) is 0.714. The monoisotopic (exact) mass is 246 g/mol. The summed E-state index contributed by atoms with van der Waals surface area (Å²) in [5, 5.41) is 3.58. The van der Waals surface area contributed by atoms with Crippen LogP contribution in [0.15, 0.2) is 12.3 Å². The second kappa shape index (κ2) is 5.22. The van der Waals surface area contributed by atoms with Crippen molar-refractivity contribution in [2.75, 3.05) is 24.5 Å². The first-order chi connectivity index (χ1) is 8.81. The number of anilines is 1. The smallest absolute Gasteiger partial charge is 0.132 e. The van der Waals surface area contributed by atoms with Gasteiger partial charge in [0.2, 0.25) is 0 Å². The van der Waals surface area contributed by atoms with Crippen molar-refractivity contribution in [3.8, 4) is 0 Å². The van der Waals surface area contributed by atoms with E-state index in [1.807, 2.05) is 19.2 Å². The van der Waals surface area contributed by atoms with Crippen LogP contribution in [-0.4, -0.2) is 35.6 Å². The number of nitrogens with zero attached hydrogens (tertiary/aromatic N) is 3. The van der Waals surface area contributed by atoms with Crippen molar-refractivity contribution >= 4 is 5.82 Å². The summed E-state index contributed by atoms with van der Waals surface area (Å²) >= 11 is 0. The highest BCUT2D eigenvalue weighted by molar-refractivity contribution is 5.38. The molecule has 1 N–H and O–H groups in total. The molecule has 2 fully saturated rings. The first-order valence-electron chi connectivity index (χ1n) is 7.09. The fourth-order valence-electron chi connectivity index (χ4n) is 2.67. The molecule has 1 aliphatic heterocycles. The molecule has 1 aromatic rings. The second-order valence-electron chi connectivity index (χ2n) is 5.60. The van der Waals surface area contributed by atoms with E-state index in [0.717, 1.165) is 30.6 Å². The lowest BCUT2D eigenvalue weighted by atomic mass is 10.2. The first-order valence-corrected chi connectivity index (χ1v) is 7.09. The van der Waals surface area contributed by atoms with Gasteiger partial charge >= 0.3 is 0 Å². The van der Waals surface area contributed by atoms with Crippen LogP contribution in [0.1, 0.15) is 31.5 Å². The molecule has 1 saturated carbocycles. The molecule has 4 nitrogen and oxygen atoms in total. The summed E-state index contributed by atoms with van der Waals surface area (Å²) < 4.78 is 0. The Bertz CT molecular complexity index is 397. The zero-order chi connectivity index (χ0) is 12.4. The predicted octanol–water partition coefficient (Wildman–Crippen LogP) is 1.75. The minimum atomic E-state index is 0.638. The molecule has 1 aromatic heterocycles. The molecule has 98 valence electrons. The molecule has 2 heterocycles. The number of rotatable bonds is 5. The fourth-order valence-corrected chi connectivity index (χ4v) is 2.67. The normalized spacial score (nSPS) is 23.3. The van der Waals surface area contributed by atoms with Crippen LogP contribution in [0.2, 0.25) is 0 Å². The van der Waals surface area contributed by atoms with Gasteiger partial charge in [0.05, 0.1) is 0 Å². The Balaban J connectivity index is 1.70. The third-order valence-electron chi connectivity index (χ3n) is 3.86. The topological polar surface area (TPSA) is 41.1 Å². The van der Waals surface area contributed by atoms with Gasteiger partial charge in [0.25, 0.3) is 0 Å². The van der Waals surface area contributed by atoms with E-state index in [9.17, 15) is 0 Å². The van der Waals surface area contributed by atoms with Crippen molar-refractivity contribution in [3.63, 3.8) is 0 Å². The number of aryl methyl sites for hydroxylation is 1. The van der Waals surface area contributed by atoms with E-state index in [2.05, 4.69) is 20.2 Å². The maximum atomic E-state index is 4.58. The van der Waals surface area contributed by atoms with Crippen molar-refractivity contribution < 1.29 is 0 Å². The van der Waals surface area contributed by atoms with Crippen LogP contribution in [0.5, 0.6) is 0 Å². The number of aromatic nitrogens is 2. The van der Waals surface area contributed by atoms with Crippen LogP contribution >= 0.6 is 0 Å². The SMILES string of the molecule is Cc1nccc(N(CC2CC2)CC2CCCN2)n1. The highest BCUT2D eigenvalue weighted by Crippen LogP contribution is 2.31. The van der Waals surface area contributed by atoms with Gasteiger partial charge in [-0.15, -0.1) is 0 Å². The highest BCUT2D eigenvalue weighted by Gasteiger charge is 2.27. The third kappa shape index (κ3) is 2.99. The standard InChI is InChI=1S/C14H22N4/c1-11-15-8-6-14(17-11)18(9-12-4-5-12)10-13-3-2-7-16-13/h6,8,12-13,16H,2-5,7,9-10H2,1H3. The molecule has 2 aliphatic rings. The summed E-state index contributed by atoms with van der Waals surface area (Å²) in [6, 6.07) is 2.68. The Morgan fingerprint density at radius 3 is 2.89 bits per heavy atom. The van der Waals surface area contributed by atoms with Crippen LogP contribution in [0.25, 0.3) is 0 Å².